The van der Waals surface area contributed by atoms with Crippen molar-refractivity contribution in [1.29, 1.82) is 0 Å². The van der Waals surface area contributed by atoms with Crippen LogP contribution in [0.1, 0.15) is 49.3 Å². The number of nitrogens with one attached hydrogen (secondary N) is 1. The van der Waals surface area contributed by atoms with Crippen molar-refractivity contribution in [2.45, 2.75) is 52.0 Å². The van der Waals surface area contributed by atoms with Crippen molar-refractivity contribution in [2.75, 3.05) is 5.32 Å². The fourth-order valence-electron chi connectivity index (χ4n) is 4.32. The van der Waals surface area contributed by atoms with Gasteiger partial charge in [-0.3, -0.25) is 4.99 Å². The van der Waals surface area contributed by atoms with Gasteiger partial charge >= 0.3 is 0 Å². The molecule has 2 nitrogen and oxygen atoms in total. The van der Waals surface area contributed by atoms with Crippen molar-refractivity contribution >= 4 is 28.4 Å². The lowest BCUT2D eigenvalue weighted by atomic mass is 9.98. The number of benzene rings is 3. The molecular weight excluding hydrogens is 400 g/mol. The zero-order chi connectivity index (χ0) is 22.9. The van der Waals surface area contributed by atoms with Gasteiger partial charge in [0.2, 0.25) is 0 Å². The Kier molecular flexibility index (Phi) is 7.92. The minimum atomic E-state index is 0.198. The topological polar surface area (TPSA) is 24.4 Å². The van der Waals surface area contributed by atoms with Crippen LogP contribution in [0.15, 0.2) is 96.0 Å². The van der Waals surface area contributed by atoms with E-state index in [9.17, 15) is 0 Å². The third kappa shape index (κ3) is 6.10. The quantitative estimate of drug-likeness (QED) is 0.280. The molecule has 4 rings (SSSR count). The number of hydrogen-bond donors (Lipinski definition) is 1. The summed E-state index contributed by atoms with van der Waals surface area (Å²) in [5, 5.41) is 6.30. The summed E-state index contributed by atoms with van der Waals surface area (Å²) in [4.78, 5) is 5.15. The number of anilines is 1. The summed E-state index contributed by atoms with van der Waals surface area (Å²) in [6.07, 6.45) is 18.1. The van der Waals surface area contributed by atoms with E-state index >= 15 is 0 Å². The maximum atomic E-state index is 5.15. The van der Waals surface area contributed by atoms with Crippen LogP contribution in [0, 0.1) is 6.92 Å². The molecule has 0 aliphatic heterocycles. The van der Waals surface area contributed by atoms with Gasteiger partial charge in [-0.15, -0.1) is 0 Å². The molecule has 0 heterocycles. The molecule has 0 aromatic heterocycles. The monoisotopic (exact) mass is 434 g/mol. The van der Waals surface area contributed by atoms with Crippen LogP contribution in [0.3, 0.4) is 0 Å². The first-order valence-electron chi connectivity index (χ1n) is 12.1. The fraction of sp³-hybridized carbons (Fsp3) is 0.258. The molecule has 1 atom stereocenters. The Labute approximate surface area is 198 Å². The molecule has 33 heavy (non-hydrogen) atoms. The summed E-state index contributed by atoms with van der Waals surface area (Å²) >= 11 is 0. The van der Waals surface area contributed by atoms with Crippen LogP contribution in [-0.2, 0) is 6.42 Å². The molecule has 168 valence electrons. The van der Waals surface area contributed by atoms with E-state index in [-0.39, 0.29) is 6.04 Å². The van der Waals surface area contributed by atoms with Gasteiger partial charge in [0.15, 0.2) is 0 Å². The van der Waals surface area contributed by atoms with Crippen LogP contribution in [0.25, 0.3) is 16.8 Å². The first-order chi connectivity index (χ1) is 16.2. The van der Waals surface area contributed by atoms with E-state index < -0.39 is 0 Å². The Morgan fingerprint density at radius 2 is 1.88 bits per heavy atom. The number of fused-ring (bicyclic) bond motifs is 1. The zero-order valence-corrected chi connectivity index (χ0v) is 19.8. The second-order valence-electron chi connectivity index (χ2n) is 8.65. The highest BCUT2D eigenvalue weighted by atomic mass is 15.0. The number of amidine groups is 1. The van der Waals surface area contributed by atoms with E-state index in [1.54, 1.807) is 0 Å². The third-order valence-electron chi connectivity index (χ3n) is 6.15. The molecular formula is C31H34N2. The van der Waals surface area contributed by atoms with E-state index in [1.807, 2.05) is 0 Å². The van der Waals surface area contributed by atoms with Crippen LogP contribution in [-0.4, -0.2) is 11.9 Å². The SMILES string of the molecule is CCC=Cc1cc2ccccc2c(NC(CCCc2ccccc2)=NC2C=CC=CC2)c1C. The van der Waals surface area contributed by atoms with Gasteiger partial charge < -0.3 is 5.32 Å². The molecule has 1 unspecified atom stereocenters. The molecule has 1 aliphatic rings. The first-order valence-corrected chi connectivity index (χ1v) is 12.1. The van der Waals surface area contributed by atoms with E-state index in [4.69, 9.17) is 4.99 Å². The number of aryl methyl sites for hydroxylation is 1. The Morgan fingerprint density at radius 1 is 1.06 bits per heavy atom. The third-order valence-corrected chi connectivity index (χ3v) is 6.15. The summed E-state index contributed by atoms with van der Waals surface area (Å²) in [6.45, 7) is 4.39. The van der Waals surface area contributed by atoms with E-state index in [2.05, 4.69) is 116 Å². The lowest BCUT2D eigenvalue weighted by molar-refractivity contribution is 0.804. The minimum Gasteiger partial charge on any atom is -0.343 e. The molecule has 3 aromatic rings. The smallest absolute Gasteiger partial charge is 0.101 e. The summed E-state index contributed by atoms with van der Waals surface area (Å²) in [6, 6.07) is 21.9. The zero-order valence-electron chi connectivity index (χ0n) is 19.8. The van der Waals surface area contributed by atoms with Gasteiger partial charge in [0.25, 0.3) is 0 Å². The van der Waals surface area contributed by atoms with Crippen LogP contribution in [0.5, 0.6) is 0 Å². The van der Waals surface area contributed by atoms with Crippen molar-refractivity contribution in [3.05, 3.63) is 108 Å². The van der Waals surface area contributed by atoms with Gasteiger partial charge in [-0.2, -0.15) is 0 Å². The highest BCUT2D eigenvalue weighted by Gasteiger charge is 2.13. The molecule has 1 aliphatic carbocycles. The lowest BCUT2D eigenvalue weighted by Gasteiger charge is -2.19. The van der Waals surface area contributed by atoms with Crippen molar-refractivity contribution < 1.29 is 0 Å². The van der Waals surface area contributed by atoms with Crippen LogP contribution >= 0.6 is 0 Å². The van der Waals surface area contributed by atoms with Gasteiger partial charge in [0, 0.05) is 11.8 Å². The maximum absolute atomic E-state index is 5.15. The molecule has 3 aromatic carbocycles. The molecule has 0 amide bonds. The summed E-state index contributed by atoms with van der Waals surface area (Å²) in [5.41, 5.74) is 5.10. The molecule has 0 saturated heterocycles. The number of allylic oxidation sites excluding steroid dienone is 3. The fourth-order valence-corrected chi connectivity index (χ4v) is 4.32. The predicted molar refractivity (Wildman–Crippen MR) is 145 cm³/mol. The average Bonchev–Trinajstić information content (AvgIpc) is 2.86. The summed E-state index contributed by atoms with van der Waals surface area (Å²) in [5.74, 6) is 1.07. The van der Waals surface area contributed by atoms with Gasteiger partial charge in [0.1, 0.15) is 5.84 Å². The Bertz CT molecular complexity index is 1180. The van der Waals surface area contributed by atoms with E-state index in [0.29, 0.717) is 0 Å². The van der Waals surface area contributed by atoms with Gasteiger partial charge in [-0.05, 0) is 60.7 Å². The largest absolute Gasteiger partial charge is 0.343 e. The standard InChI is InChI=1S/C31H34N2/c1-3-4-17-26-23-27-18-11-12-21-29(27)31(24(26)2)33-30(32-28-19-9-6-10-20-28)22-13-16-25-14-7-5-8-15-25/h4-12,14-15,17-19,21,23,28H,3,13,16,20,22H2,1-2H3,(H,32,33). The summed E-state index contributed by atoms with van der Waals surface area (Å²) < 4.78 is 0. The molecule has 1 N–H and O–H groups in total. The Hall–Kier alpha value is -3.39. The van der Waals surface area contributed by atoms with Crippen LogP contribution < -0.4 is 5.32 Å². The Balaban J connectivity index is 1.65. The molecule has 2 heteroatoms. The van der Waals surface area contributed by atoms with E-state index in [0.717, 1.165) is 37.9 Å². The van der Waals surface area contributed by atoms with Gasteiger partial charge in [0.05, 0.1) is 11.7 Å². The highest BCUT2D eigenvalue weighted by Crippen LogP contribution is 2.31. The van der Waals surface area contributed by atoms with E-state index in [1.165, 1.54) is 33.2 Å². The summed E-state index contributed by atoms with van der Waals surface area (Å²) in [7, 11) is 0. The Morgan fingerprint density at radius 3 is 2.67 bits per heavy atom. The molecule has 0 bridgehead atoms. The number of nitrogens with zero attached hydrogens (tertiary/aromatic N) is 1. The minimum absolute atomic E-state index is 0.198. The van der Waals surface area contributed by atoms with Gasteiger partial charge in [-0.25, -0.2) is 0 Å². The highest BCUT2D eigenvalue weighted by molar-refractivity contribution is 6.06. The van der Waals surface area contributed by atoms with Crippen LogP contribution in [0.4, 0.5) is 5.69 Å². The number of rotatable bonds is 8. The normalized spacial score (nSPS) is 16.1. The second kappa shape index (κ2) is 11.5. The van der Waals surface area contributed by atoms with Crippen molar-refractivity contribution in [3.8, 4) is 0 Å². The first kappa shape index (κ1) is 22.8. The molecule has 0 radical (unpaired) electrons. The predicted octanol–water partition coefficient (Wildman–Crippen LogP) is 8.29. The van der Waals surface area contributed by atoms with Crippen molar-refractivity contribution in [3.63, 3.8) is 0 Å². The molecule has 0 fully saturated rings. The van der Waals surface area contributed by atoms with Crippen molar-refractivity contribution in [1.82, 2.24) is 0 Å². The second-order valence-corrected chi connectivity index (χ2v) is 8.65. The van der Waals surface area contributed by atoms with Gasteiger partial charge in [-0.1, -0.05) is 98.0 Å². The number of hydrogen-bond acceptors (Lipinski definition) is 1. The average molecular weight is 435 g/mol. The number of aliphatic imine (C=N–C) groups is 1. The molecule has 0 saturated carbocycles. The maximum Gasteiger partial charge on any atom is 0.101 e. The van der Waals surface area contributed by atoms with Crippen LogP contribution in [0.2, 0.25) is 0 Å². The van der Waals surface area contributed by atoms with Crippen molar-refractivity contribution in [2.24, 2.45) is 4.99 Å². The lowest BCUT2D eigenvalue weighted by Crippen LogP contribution is -2.17. The molecule has 0 spiro atoms.